The predicted octanol–water partition coefficient (Wildman–Crippen LogP) is 0.736. The van der Waals surface area contributed by atoms with E-state index in [1.807, 2.05) is 0 Å². The molecule has 4 atom stereocenters. The van der Waals surface area contributed by atoms with Crippen LogP contribution in [0, 0.1) is 11.8 Å². The number of rotatable bonds is 2. The molecule has 1 saturated carbocycles. The molecule has 2 bridgehead atoms. The summed E-state index contributed by atoms with van der Waals surface area (Å²) in [7, 11) is 0. The number of piperidine rings is 1. The van der Waals surface area contributed by atoms with Crippen molar-refractivity contribution >= 4 is 0 Å². The zero-order valence-corrected chi connectivity index (χ0v) is 7.77. The fourth-order valence-corrected chi connectivity index (χ4v) is 3.55. The van der Waals surface area contributed by atoms with Gasteiger partial charge in [-0.25, -0.2) is 0 Å². The van der Waals surface area contributed by atoms with E-state index in [4.69, 9.17) is 0 Å². The molecule has 0 spiro atoms. The van der Waals surface area contributed by atoms with Gasteiger partial charge in [-0.2, -0.15) is 0 Å². The molecule has 3 rings (SSSR count). The summed E-state index contributed by atoms with van der Waals surface area (Å²) in [6.07, 6.45) is 4.30. The van der Waals surface area contributed by atoms with Crippen molar-refractivity contribution < 1.29 is 0 Å². The minimum atomic E-state index is 0.527. The third kappa shape index (κ3) is 0.775. The summed E-state index contributed by atoms with van der Waals surface area (Å²) in [5.74, 6) is 1.95. The summed E-state index contributed by atoms with van der Waals surface area (Å²) >= 11 is 0. The molecule has 12 heavy (non-hydrogen) atoms. The van der Waals surface area contributed by atoms with Gasteiger partial charge in [0, 0.05) is 18.1 Å². The average molecular weight is 166 g/mol. The summed E-state index contributed by atoms with van der Waals surface area (Å²) in [5, 5.41) is 7.27. The normalized spacial score (nSPS) is 56.2. The largest absolute Gasteiger partial charge is 0.309 e. The van der Waals surface area contributed by atoms with E-state index < -0.39 is 0 Å². The van der Waals surface area contributed by atoms with Crippen LogP contribution in [0.3, 0.4) is 0 Å². The summed E-state index contributed by atoms with van der Waals surface area (Å²) in [6.45, 7) is 4.89. The summed E-state index contributed by atoms with van der Waals surface area (Å²) < 4.78 is 0. The predicted molar refractivity (Wildman–Crippen MR) is 49.0 cm³/mol. The second-order valence-electron chi connectivity index (χ2n) is 4.79. The standard InChI is InChI=1S/C10H18N2/c1-2-8-3-7-4-10(8,12-5-7)9-6-11-9/h7-9,11-12H,2-6H2,1H3. The molecule has 0 aromatic carbocycles. The lowest BCUT2D eigenvalue weighted by Crippen LogP contribution is -2.52. The van der Waals surface area contributed by atoms with E-state index in [1.54, 1.807) is 0 Å². The Hall–Kier alpha value is -0.0800. The van der Waals surface area contributed by atoms with E-state index in [1.165, 1.54) is 32.4 Å². The van der Waals surface area contributed by atoms with Crippen LogP contribution in [0.25, 0.3) is 0 Å². The van der Waals surface area contributed by atoms with Gasteiger partial charge in [0.25, 0.3) is 0 Å². The molecule has 3 aliphatic rings. The Kier molecular flexibility index (Phi) is 1.37. The van der Waals surface area contributed by atoms with Crippen LogP contribution < -0.4 is 10.6 Å². The van der Waals surface area contributed by atoms with E-state index in [-0.39, 0.29) is 0 Å². The second kappa shape index (κ2) is 2.24. The van der Waals surface area contributed by atoms with Crippen LogP contribution in [0.4, 0.5) is 0 Å². The molecule has 0 aromatic rings. The average Bonchev–Trinajstić information content (AvgIpc) is 2.80. The van der Waals surface area contributed by atoms with Gasteiger partial charge in [0.15, 0.2) is 0 Å². The Bertz CT molecular complexity index is 200. The van der Waals surface area contributed by atoms with E-state index in [0.29, 0.717) is 5.54 Å². The van der Waals surface area contributed by atoms with Gasteiger partial charge in [0.1, 0.15) is 0 Å². The Morgan fingerprint density at radius 2 is 2.25 bits per heavy atom. The van der Waals surface area contributed by atoms with Gasteiger partial charge in [-0.15, -0.1) is 0 Å². The highest BCUT2D eigenvalue weighted by molar-refractivity contribution is 5.18. The monoisotopic (exact) mass is 166 g/mol. The maximum Gasteiger partial charge on any atom is 0.0379 e. The molecular weight excluding hydrogens is 148 g/mol. The van der Waals surface area contributed by atoms with Crippen LogP contribution in [0.5, 0.6) is 0 Å². The van der Waals surface area contributed by atoms with Crippen molar-refractivity contribution in [2.75, 3.05) is 13.1 Å². The quantitative estimate of drug-likeness (QED) is 0.593. The lowest BCUT2D eigenvalue weighted by molar-refractivity contribution is 0.234. The number of hydrogen-bond donors (Lipinski definition) is 2. The minimum absolute atomic E-state index is 0.527. The molecule has 2 heteroatoms. The third-order valence-electron chi connectivity index (χ3n) is 4.22. The van der Waals surface area contributed by atoms with Crippen molar-refractivity contribution in [3.05, 3.63) is 0 Å². The van der Waals surface area contributed by atoms with Crippen LogP contribution in [-0.4, -0.2) is 24.7 Å². The van der Waals surface area contributed by atoms with Crippen molar-refractivity contribution in [2.24, 2.45) is 11.8 Å². The van der Waals surface area contributed by atoms with Crippen molar-refractivity contribution in [2.45, 2.75) is 37.8 Å². The first-order valence-corrected chi connectivity index (χ1v) is 5.33. The molecule has 2 heterocycles. The minimum Gasteiger partial charge on any atom is -0.309 e. The lowest BCUT2D eigenvalue weighted by Gasteiger charge is -2.35. The van der Waals surface area contributed by atoms with Gasteiger partial charge in [-0.1, -0.05) is 13.3 Å². The van der Waals surface area contributed by atoms with E-state index in [9.17, 15) is 0 Å². The van der Waals surface area contributed by atoms with Crippen LogP contribution in [0.1, 0.15) is 26.2 Å². The Morgan fingerprint density at radius 1 is 1.42 bits per heavy atom. The van der Waals surface area contributed by atoms with E-state index in [2.05, 4.69) is 17.6 Å². The highest BCUT2D eigenvalue weighted by Gasteiger charge is 2.58. The molecule has 0 amide bonds. The number of nitrogens with one attached hydrogen (secondary N) is 2. The maximum absolute atomic E-state index is 3.77. The lowest BCUT2D eigenvalue weighted by atomic mass is 9.82. The molecule has 0 radical (unpaired) electrons. The Morgan fingerprint density at radius 3 is 2.83 bits per heavy atom. The molecule has 3 fully saturated rings. The van der Waals surface area contributed by atoms with Crippen molar-refractivity contribution in [3.8, 4) is 0 Å². The van der Waals surface area contributed by atoms with Crippen LogP contribution in [-0.2, 0) is 0 Å². The smallest absolute Gasteiger partial charge is 0.0379 e. The van der Waals surface area contributed by atoms with Gasteiger partial charge in [0.2, 0.25) is 0 Å². The highest BCUT2D eigenvalue weighted by atomic mass is 15.2. The van der Waals surface area contributed by atoms with Crippen molar-refractivity contribution in [1.82, 2.24) is 10.6 Å². The molecule has 2 N–H and O–H groups in total. The van der Waals surface area contributed by atoms with Gasteiger partial charge < -0.3 is 10.6 Å². The fourth-order valence-electron chi connectivity index (χ4n) is 3.55. The SMILES string of the molecule is CCC1CC2CNC1(C1CN1)C2. The maximum atomic E-state index is 3.77. The zero-order valence-electron chi connectivity index (χ0n) is 7.77. The first kappa shape index (κ1) is 7.34. The van der Waals surface area contributed by atoms with E-state index >= 15 is 0 Å². The second-order valence-corrected chi connectivity index (χ2v) is 4.79. The molecule has 2 aliphatic heterocycles. The first-order chi connectivity index (χ1) is 5.85. The molecular formula is C10H18N2. The fraction of sp³-hybridized carbons (Fsp3) is 1.00. The van der Waals surface area contributed by atoms with Crippen LogP contribution in [0.15, 0.2) is 0 Å². The van der Waals surface area contributed by atoms with Crippen LogP contribution in [0.2, 0.25) is 0 Å². The van der Waals surface area contributed by atoms with Gasteiger partial charge >= 0.3 is 0 Å². The molecule has 68 valence electrons. The molecule has 2 nitrogen and oxygen atoms in total. The molecule has 2 saturated heterocycles. The topological polar surface area (TPSA) is 34.0 Å². The molecule has 4 unspecified atom stereocenters. The molecule has 1 aliphatic carbocycles. The van der Waals surface area contributed by atoms with Crippen molar-refractivity contribution in [3.63, 3.8) is 0 Å². The molecule has 0 aromatic heterocycles. The Balaban J connectivity index is 1.88. The van der Waals surface area contributed by atoms with E-state index in [0.717, 1.165) is 17.9 Å². The van der Waals surface area contributed by atoms with Crippen LogP contribution >= 0.6 is 0 Å². The van der Waals surface area contributed by atoms with Gasteiger partial charge in [-0.3, -0.25) is 0 Å². The summed E-state index contributed by atoms with van der Waals surface area (Å²) in [5.41, 5.74) is 0.527. The third-order valence-corrected chi connectivity index (χ3v) is 4.22. The van der Waals surface area contributed by atoms with Crippen molar-refractivity contribution in [1.29, 1.82) is 0 Å². The van der Waals surface area contributed by atoms with Gasteiger partial charge in [0.05, 0.1) is 0 Å². The summed E-state index contributed by atoms with van der Waals surface area (Å²) in [6, 6.07) is 0.815. The Labute approximate surface area is 74.1 Å². The summed E-state index contributed by atoms with van der Waals surface area (Å²) in [4.78, 5) is 0. The first-order valence-electron chi connectivity index (χ1n) is 5.33. The number of fused-ring (bicyclic) bond motifs is 2. The van der Waals surface area contributed by atoms with Gasteiger partial charge in [-0.05, 0) is 31.2 Å². The highest BCUT2D eigenvalue weighted by Crippen LogP contribution is 2.49. The number of hydrogen-bond acceptors (Lipinski definition) is 2. The zero-order chi connectivity index (χ0) is 8.18.